The Kier molecular flexibility index (Phi) is 5.82. The van der Waals surface area contributed by atoms with Crippen molar-refractivity contribution in [1.29, 1.82) is 0 Å². The number of hydrogen-bond acceptors (Lipinski definition) is 7. The van der Waals surface area contributed by atoms with Crippen LogP contribution < -0.4 is 5.32 Å². The maximum Gasteiger partial charge on any atom is 0.335 e. The van der Waals surface area contributed by atoms with Crippen molar-refractivity contribution in [2.45, 2.75) is 17.4 Å². The number of aromatic nitrogens is 3. The first-order valence-electron chi connectivity index (χ1n) is 7.92. The monoisotopic (exact) mass is 406 g/mol. The zero-order chi connectivity index (χ0) is 19.3. The number of halogens is 1. The fourth-order valence-electron chi connectivity index (χ4n) is 2.26. The number of benzene rings is 1. The lowest BCUT2D eigenvalue weighted by Gasteiger charge is -2.03. The molecule has 10 heteroatoms. The molecule has 0 bridgehead atoms. The summed E-state index contributed by atoms with van der Waals surface area (Å²) in [4.78, 5) is 15.8. The van der Waals surface area contributed by atoms with Crippen molar-refractivity contribution < 1.29 is 17.6 Å². The number of nitrogens with zero attached hydrogens (tertiary/aromatic N) is 3. The Morgan fingerprint density at radius 3 is 2.67 bits per heavy atom. The summed E-state index contributed by atoms with van der Waals surface area (Å²) in [5, 5.41) is 10.00. The molecule has 0 aliphatic carbocycles. The van der Waals surface area contributed by atoms with Gasteiger partial charge >= 0.3 is 5.22 Å². The summed E-state index contributed by atoms with van der Waals surface area (Å²) < 4.78 is 30.0. The lowest BCUT2D eigenvalue weighted by atomic mass is 10.2. The normalized spacial score (nSPS) is 11.3. The highest BCUT2D eigenvalue weighted by Crippen LogP contribution is 2.18. The molecule has 0 atom stereocenters. The van der Waals surface area contributed by atoms with Crippen molar-refractivity contribution in [2.24, 2.45) is 0 Å². The van der Waals surface area contributed by atoms with Gasteiger partial charge in [0.25, 0.3) is 5.91 Å². The van der Waals surface area contributed by atoms with E-state index in [1.165, 1.54) is 12.4 Å². The van der Waals surface area contributed by atoms with Crippen LogP contribution in [0.1, 0.15) is 21.8 Å². The van der Waals surface area contributed by atoms with E-state index in [1.54, 1.807) is 36.4 Å². The third-order valence-corrected chi connectivity index (χ3v) is 5.17. The van der Waals surface area contributed by atoms with Crippen LogP contribution in [-0.4, -0.2) is 36.1 Å². The van der Waals surface area contributed by atoms with Crippen molar-refractivity contribution in [2.75, 3.05) is 6.54 Å². The Balaban J connectivity index is 1.58. The smallest absolute Gasteiger partial charge is 0.335 e. The van der Waals surface area contributed by atoms with E-state index in [1.807, 2.05) is 0 Å². The second kappa shape index (κ2) is 8.28. The molecule has 8 nitrogen and oxygen atoms in total. The number of carbonyl (C=O) groups is 1. The minimum absolute atomic E-state index is 0.120. The Morgan fingerprint density at radius 2 is 1.93 bits per heavy atom. The van der Waals surface area contributed by atoms with E-state index < -0.39 is 15.1 Å². The maximum absolute atomic E-state index is 12.4. The largest absolute Gasteiger partial charge is 0.412 e. The highest BCUT2D eigenvalue weighted by molar-refractivity contribution is 7.90. The average molecular weight is 407 g/mol. The first-order valence-corrected chi connectivity index (χ1v) is 9.95. The lowest BCUT2D eigenvalue weighted by Crippen LogP contribution is -2.25. The zero-order valence-corrected chi connectivity index (χ0v) is 15.6. The van der Waals surface area contributed by atoms with Crippen LogP contribution in [0.25, 0.3) is 0 Å². The molecular weight excluding hydrogens is 392 g/mol. The molecule has 140 valence electrons. The number of rotatable bonds is 7. The third kappa shape index (κ3) is 5.11. The van der Waals surface area contributed by atoms with Gasteiger partial charge in [-0.2, -0.15) is 0 Å². The second-order valence-electron chi connectivity index (χ2n) is 5.59. The molecule has 3 rings (SSSR count). The summed E-state index contributed by atoms with van der Waals surface area (Å²) in [5.74, 6) is -0.450. The molecule has 27 heavy (non-hydrogen) atoms. The van der Waals surface area contributed by atoms with E-state index in [4.69, 9.17) is 16.0 Å². The molecular formula is C17H15ClN4O4S. The van der Waals surface area contributed by atoms with Crippen LogP contribution in [0.2, 0.25) is 5.02 Å². The second-order valence-corrected chi connectivity index (χ2v) is 7.90. The molecule has 0 saturated carbocycles. The van der Waals surface area contributed by atoms with E-state index in [2.05, 4.69) is 20.5 Å². The quantitative estimate of drug-likeness (QED) is 0.638. The highest BCUT2D eigenvalue weighted by atomic mass is 35.5. The first-order chi connectivity index (χ1) is 12.9. The molecule has 1 N–H and O–H groups in total. The predicted molar refractivity (Wildman–Crippen MR) is 96.9 cm³/mol. The average Bonchev–Trinajstić information content (AvgIpc) is 3.12. The van der Waals surface area contributed by atoms with Crippen molar-refractivity contribution in [3.05, 3.63) is 70.8 Å². The lowest BCUT2D eigenvalue weighted by molar-refractivity contribution is 0.0953. The first kappa shape index (κ1) is 19.0. The van der Waals surface area contributed by atoms with Gasteiger partial charge in [0, 0.05) is 35.9 Å². The van der Waals surface area contributed by atoms with Gasteiger partial charge in [-0.15, -0.1) is 5.10 Å². The summed E-state index contributed by atoms with van der Waals surface area (Å²) >= 11 is 5.87. The highest BCUT2D eigenvalue weighted by Gasteiger charge is 2.23. The third-order valence-electron chi connectivity index (χ3n) is 3.53. The number of carbonyl (C=O) groups excluding carboxylic acids is 1. The fourth-order valence-corrected chi connectivity index (χ4v) is 3.60. The van der Waals surface area contributed by atoms with E-state index in [9.17, 15) is 13.2 Å². The van der Waals surface area contributed by atoms with Gasteiger partial charge in [-0.05, 0) is 29.8 Å². The standard InChI is InChI=1S/C17H15ClN4O4S/c18-14-3-1-2-12(10-14)11-27(24,25)17-22-21-15(26-17)6-9-20-16(23)13-4-7-19-8-5-13/h1-5,7-8,10H,6,9,11H2,(H,20,23). The Morgan fingerprint density at radius 1 is 1.15 bits per heavy atom. The fraction of sp³-hybridized carbons (Fsp3) is 0.176. The van der Waals surface area contributed by atoms with E-state index in [0.29, 0.717) is 16.1 Å². The van der Waals surface area contributed by atoms with Gasteiger partial charge in [-0.25, -0.2) is 8.42 Å². The minimum Gasteiger partial charge on any atom is -0.412 e. The van der Waals surface area contributed by atoms with Crippen molar-refractivity contribution in [1.82, 2.24) is 20.5 Å². The van der Waals surface area contributed by atoms with Crippen LogP contribution in [0.4, 0.5) is 0 Å². The van der Waals surface area contributed by atoms with Crippen LogP contribution in [0, 0.1) is 0 Å². The van der Waals surface area contributed by atoms with Crippen LogP contribution in [0.5, 0.6) is 0 Å². The van der Waals surface area contributed by atoms with E-state index in [-0.39, 0.29) is 30.5 Å². The summed E-state index contributed by atoms with van der Waals surface area (Å²) in [6, 6.07) is 9.70. The van der Waals surface area contributed by atoms with Crippen LogP contribution >= 0.6 is 11.6 Å². The van der Waals surface area contributed by atoms with Crippen molar-refractivity contribution in [3.8, 4) is 0 Å². The number of sulfone groups is 1. The topological polar surface area (TPSA) is 115 Å². The molecule has 1 amide bonds. The Labute approximate surface area is 160 Å². The van der Waals surface area contributed by atoms with Crippen LogP contribution in [0.15, 0.2) is 58.4 Å². The van der Waals surface area contributed by atoms with E-state index >= 15 is 0 Å². The molecule has 2 aromatic heterocycles. The van der Waals surface area contributed by atoms with Crippen molar-refractivity contribution >= 4 is 27.3 Å². The molecule has 2 heterocycles. The van der Waals surface area contributed by atoms with Crippen LogP contribution in [0.3, 0.4) is 0 Å². The molecule has 0 saturated heterocycles. The molecule has 1 aromatic carbocycles. The maximum atomic E-state index is 12.4. The summed E-state index contributed by atoms with van der Waals surface area (Å²) in [7, 11) is -3.79. The van der Waals surface area contributed by atoms with Crippen molar-refractivity contribution in [3.63, 3.8) is 0 Å². The van der Waals surface area contributed by atoms with E-state index in [0.717, 1.165) is 0 Å². The number of hydrogen-bond donors (Lipinski definition) is 1. The van der Waals surface area contributed by atoms with Gasteiger partial charge in [0.2, 0.25) is 15.7 Å². The Bertz CT molecular complexity index is 1040. The number of amides is 1. The summed E-state index contributed by atoms with van der Waals surface area (Å²) in [6.07, 6.45) is 3.24. The zero-order valence-electron chi connectivity index (χ0n) is 14.0. The van der Waals surface area contributed by atoms with Gasteiger partial charge in [0.05, 0.1) is 5.75 Å². The summed E-state index contributed by atoms with van der Waals surface area (Å²) in [5.41, 5.74) is 0.993. The minimum atomic E-state index is -3.79. The predicted octanol–water partition coefficient (Wildman–Crippen LogP) is 2.06. The summed E-state index contributed by atoms with van der Waals surface area (Å²) in [6.45, 7) is 0.219. The van der Waals surface area contributed by atoms with Gasteiger partial charge in [-0.3, -0.25) is 9.78 Å². The molecule has 0 fully saturated rings. The number of nitrogens with one attached hydrogen (secondary N) is 1. The van der Waals surface area contributed by atoms with Crippen LogP contribution in [-0.2, 0) is 22.0 Å². The molecule has 3 aromatic rings. The SMILES string of the molecule is O=C(NCCc1nnc(S(=O)(=O)Cc2cccc(Cl)c2)o1)c1ccncc1. The Hall–Kier alpha value is -2.78. The van der Waals surface area contributed by atoms with Gasteiger partial charge in [0.15, 0.2) is 0 Å². The van der Waals surface area contributed by atoms with Gasteiger partial charge < -0.3 is 9.73 Å². The molecule has 0 radical (unpaired) electrons. The molecule has 0 unspecified atom stereocenters. The number of pyridine rings is 1. The molecule has 0 aliphatic heterocycles. The molecule has 0 aliphatic rings. The molecule has 0 spiro atoms. The van der Waals surface area contributed by atoms with Gasteiger partial charge in [-0.1, -0.05) is 28.8 Å². The van der Waals surface area contributed by atoms with Gasteiger partial charge in [0.1, 0.15) is 0 Å².